The summed E-state index contributed by atoms with van der Waals surface area (Å²) in [7, 11) is 0. The lowest BCUT2D eigenvalue weighted by Crippen LogP contribution is -2.19. The van der Waals surface area contributed by atoms with Crippen molar-refractivity contribution in [2.24, 2.45) is 5.41 Å². The average molecular weight is 254 g/mol. The van der Waals surface area contributed by atoms with Crippen LogP contribution in [0.1, 0.15) is 51.9 Å². The third kappa shape index (κ3) is 3.83. The van der Waals surface area contributed by atoms with Gasteiger partial charge in [0.15, 0.2) is 0 Å². The lowest BCUT2D eigenvalue weighted by molar-refractivity contribution is 0.438. The van der Waals surface area contributed by atoms with Crippen LogP contribution in [-0.4, -0.2) is 0 Å². The summed E-state index contributed by atoms with van der Waals surface area (Å²) in [4.78, 5) is 0. The quantitative estimate of drug-likeness (QED) is 0.423. The highest BCUT2D eigenvalue weighted by Crippen LogP contribution is 2.40. The van der Waals surface area contributed by atoms with Crippen molar-refractivity contribution in [3.8, 4) is 0 Å². The first-order chi connectivity index (χ1) is 9.26. The monoisotopic (exact) mass is 254 g/mol. The van der Waals surface area contributed by atoms with Crippen molar-refractivity contribution in [3.63, 3.8) is 0 Å². The Kier molecular flexibility index (Phi) is 5.01. The fourth-order valence-electron chi connectivity index (χ4n) is 3.03. The zero-order valence-corrected chi connectivity index (χ0v) is 12.2. The normalized spacial score (nSPS) is 27.8. The Morgan fingerprint density at radius 2 is 2.11 bits per heavy atom. The van der Waals surface area contributed by atoms with Crippen molar-refractivity contribution in [1.29, 1.82) is 0 Å². The maximum absolute atomic E-state index is 3.77. The van der Waals surface area contributed by atoms with E-state index in [4.69, 9.17) is 0 Å². The first kappa shape index (κ1) is 14.1. The van der Waals surface area contributed by atoms with E-state index in [9.17, 15) is 0 Å². The van der Waals surface area contributed by atoms with Gasteiger partial charge in [-0.3, -0.25) is 0 Å². The van der Waals surface area contributed by atoms with Crippen LogP contribution in [-0.2, 0) is 0 Å². The van der Waals surface area contributed by atoms with Gasteiger partial charge in [0.2, 0.25) is 0 Å². The van der Waals surface area contributed by atoms with E-state index in [1.54, 1.807) is 0 Å². The van der Waals surface area contributed by atoms with Gasteiger partial charge in [-0.1, -0.05) is 42.5 Å². The molecule has 0 amide bonds. The molecule has 0 radical (unpaired) electrons. The van der Waals surface area contributed by atoms with Crippen LogP contribution < -0.4 is 0 Å². The second-order valence-corrected chi connectivity index (χ2v) is 5.84. The molecule has 0 fully saturated rings. The molecule has 0 heterocycles. The Morgan fingerprint density at radius 3 is 2.79 bits per heavy atom. The van der Waals surface area contributed by atoms with E-state index in [0.29, 0.717) is 5.41 Å². The molecule has 0 aromatic heterocycles. The van der Waals surface area contributed by atoms with Crippen LogP contribution in [0.5, 0.6) is 0 Å². The zero-order chi connectivity index (χ0) is 13.6. The number of unbranched alkanes of at least 4 members (excludes halogenated alkanes) is 3. The molecule has 1 spiro atoms. The molecule has 0 heteroatoms. The zero-order valence-electron chi connectivity index (χ0n) is 12.2. The predicted octanol–water partition coefficient (Wildman–Crippen LogP) is 5.90. The lowest BCUT2D eigenvalue weighted by atomic mass is 9.72. The molecule has 0 aromatic rings. The van der Waals surface area contributed by atoms with Crippen LogP contribution in [0.15, 0.2) is 60.3 Å². The molecule has 1 atom stereocenters. The first-order valence-electron chi connectivity index (χ1n) is 7.61. The van der Waals surface area contributed by atoms with Crippen LogP contribution in [0.3, 0.4) is 0 Å². The standard InChI is InChI=1S/C19H26/c1-3-4-5-6-8-11-18-12-15-19(16-17(18)2)13-9-7-10-14-19/h3,7,9,11-12,15-16H,1,4-6,8,10,13-14H2,2H3/b18-11+. The van der Waals surface area contributed by atoms with Gasteiger partial charge in [0.05, 0.1) is 0 Å². The minimum Gasteiger partial charge on any atom is -0.103 e. The molecular formula is C19H26. The van der Waals surface area contributed by atoms with E-state index in [1.165, 1.54) is 49.7 Å². The molecule has 0 nitrogen and oxygen atoms in total. The van der Waals surface area contributed by atoms with Crippen molar-refractivity contribution in [2.45, 2.75) is 51.9 Å². The summed E-state index contributed by atoms with van der Waals surface area (Å²) < 4.78 is 0. The molecule has 2 rings (SSSR count). The fraction of sp³-hybridized carbons (Fsp3) is 0.474. The Morgan fingerprint density at radius 1 is 1.26 bits per heavy atom. The van der Waals surface area contributed by atoms with Crippen LogP contribution in [0.2, 0.25) is 0 Å². The molecule has 19 heavy (non-hydrogen) atoms. The van der Waals surface area contributed by atoms with E-state index in [2.05, 4.69) is 50.0 Å². The molecule has 0 bridgehead atoms. The summed E-state index contributed by atoms with van der Waals surface area (Å²) in [5, 5.41) is 0. The van der Waals surface area contributed by atoms with Crippen LogP contribution in [0.4, 0.5) is 0 Å². The van der Waals surface area contributed by atoms with E-state index in [0.717, 1.165) is 6.42 Å². The van der Waals surface area contributed by atoms with Gasteiger partial charge in [-0.05, 0) is 63.0 Å². The van der Waals surface area contributed by atoms with Gasteiger partial charge in [-0.2, -0.15) is 0 Å². The highest BCUT2D eigenvalue weighted by molar-refractivity contribution is 5.45. The van der Waals surface area contributed by atoms with Crippen molar-refractivity contribution in [2.75, 3.05) is 0 Å². The summed E-state index contributed by atoms with van der Waals surface area (Å²) in [6.07, 6.45) is 24.8. The second kappa shape index (κ2) is 6.75. The molecule has 2 aliphatic rings. The third-order valence-corrected chi connectivity index (χ3v) is 4.22. The molecule has 0 saturated carbocycles. The Hall–Kier alpha value is -1.30. The summed E-state index contributed by atoms with van der Waals surface area (Å²) in [6.45, 7) is 6.03. The topological polar surface area (TPSA) is 0 Å². The molecule has 0 aliphatic heterocycles. The summed E-state index contributed by atoms with van der Waals surface area (Å²) >= 11 is 0. The molecule has 102 valence electrons. The van der Waals surface area contributed by atoms with Gasteiger partial charge in [0, 0.05) is 5.41 Å². The predicted molar refractivity (Wildman–Crippen MR) is 85.1 cm³/mol. The number of allylic oxidation sites excluding steroid dienone is 9. The Balaban J connectivity index is 1.93. The molecule has 0 N–H and O–H groups in total. The summed E-state index contributed by atoms with van der Waals surface area (Å²) in [5.74, 6) is 0. The molecule has 1 unspecified atom stereocenters. The number of hydrogen-bond donors (Lipinski definition) is 0. The van der Waals surface area contributed by atoms with E-state index < -0.39 is 0 Å². The van der Waals surface area contributed by atoms with Gasteiger partial charge in [0.1, 0.15) is 0 Å². The van der Waals surface area contributed by atoms with Crippen LogP contribution in [0.25, 0.3) is 0 Å². The van der Waals surface area contributed by atoms with Gasteiger partial charge in [0.25, 0.3) is 0 Å². The summed E-state index contributed by atoms with van der Waals surface area (Å²) in [5.41, 5.74) is 3.21. The van der Waals surface area contributed by atoms with Gasteiger partial charge in [-0.25, -0.2) is 0 Å². The second-order valence-electron chi connectivity index (χ2n) is 5.84. The van der Waals surface area contributed by atoms with Crippen molar-refractivity contribution in [1.82, 2.24) is 0 Å². The molecule has 2 aliphatic carbocycles. The lowest BCUT2D eigenvalue weighted by Gasteiger charge is -2.32. The van der Waals surface area contributed by atoms with E-state index in [1.807, 2.05) is 6.08 Å². The highest BCUT2D eigenvalue weighted by Gasteiger charge is 2.27. The SMILES string of the molecule is C=CCCCC/C=C1\C=CC2(C=C1C)CC=CCC2. The minimum atomic E-state index is 0.318. The largest absolute Gasteiger partial charge is 0.103 e. The van der Waals surface area contributed by atoms with Crippen molar-refractivity contribution < 1.29 is 0 Å². The highest BCUT2D eigenvalue weighted by atomic mass is 14.3. The molecular weight excluding hydrogens is 228 g/mol. The maximum Gasteiger partial charge on any atom is 0.0107 e. The third-order valence-electron chi connectivity index (χ3n) is 4.22. The van der Waals surface area contributed by atoms with Crippen LogP contribution in [0, 0.1) is 5.41 Å². The van der Waals surface area contributed by atoms with E-state index >= 15 is 0 Å². The Labute approximate surface area is 118 Å². The number of hydrogen-bond acceptors (Lipinski definition) is 0. The van der Waals surface area contributed by atoms with Crippen LogP contribution >= 0.6 is 0 Å². The van der Waals surface area contributed by atoms with Crippen molar-refractivity contribution in [3.05, 3.63) is 60.3 Å². The Bertz CT molecular complexity index is 431. The maximum atomic E-state index is 3.77. The molecule has 0 aromatic carbocycles. The van der Waals surface area contributed by atoms with E-state index in [-0.39, 0.29) is 0 Å². The number of rotatable bonds is 5. The minimum absolute atomic E-state index is 0.318. The van der Waals surface area contributed by atoms with Gasteiger partial charge < -0.3 is 0 Å². The molecule has 0 saturated heterocycles. The fourth-order valence-corrected chi connectivity index (χ4v) is 3.03. The smallest absolute Gasteiger partial charge is 0.0107 e. The average Bonchev–Trinajstić information content (AvgIpc) is 2.42. The summed E-state index contributed by atoms with van der Waals surface area (Å²) in [6, 6.07) is 0. The van der Waals surface area contributed by atoms with Gasteiger partial charge >= 0.3 is 0 Å². The van der Waals surface area contributed by atoms with Gasteiger partial charge in [-0.15, -0.1) is 6.58 Å². The first-order valence-corrected chi connectivity index (χ1v) is 7.61. The van der Waals surface area contributed by atoms with Crippen molar-refractivity contribution >= 4 is 0 Å².